The molecule has 1 saturated carbocycles. The molecule has 0 aliphatic heterocycles. The number of hydrogen-bond donors (Lipinski definition) is 3. The molecule has 30 heavy (non-hydrogen) atoms. The van der Waals surface area contributed by atoms with Crippen LogP contribution in [0.15, 0.2) is 24.3 Å². The molecule has 1 fully saturated rings. The number of carboxylic acid groups (broad SMARTS) is 1. The van der Waals surface area contributed by atoms with E-state index in [1.54, 1.807) is 18.3 Å². The van der Waals surface area contributed by atoms with E-state index in [0.29, 0.717) is 19.3 Å². The van der Waals surface area contributed by atoms with Gasteiger partial charge in [-0.3, -0.25) is 19.7 Å². The molecule has 7 nitrogen and oxygen atoms in total. The van der Waals surface area contributed by atoms with Crippen LogP contribution in [-0.2, 0) is 14.4 Å². The number of nitrogens with zero attached hydrogens (tertiary/aromatic N) is 1. The molecule has 0 aromatic carbocycles. The molecule has 166 valence electrons. The van der Waals surface area contributed by atoms with Gasteiger partial charge in [-0.2, -0.15) is 5.26 Å². The van der Waals surface area contributed by atoms with E-state index in [4.69, 9.17) is 5.26 Å². The van der Waals surface area contributed by atoms with Crippen LogP contribution in [0.1, 0.15) is 65.2 Å². The smallest absolute Gasteiger partial charge is 0.307 e. The Kier molecular flexibility index (Phi) is 11.7. The van der Waals surface area contributed by atoms with Gasteiger partial charge >= 0.3 is 5.97 Å². The summed E-state index contributed by atoms with van der Waals surface area (Å²) in [5.41, 5.74) is 0. The van der Waals surface area contributed by atoms with Crippen LogP contribution in [-0.4, -0.2) is 34.0 Å². The van der Waals surface area contributed by atoms with Crippen molar-refractivity contribution in [1.82, 2.24) is 5.32 Å². The molecular weight excluding hydrogens is 384 g/mol. The summed E-state index contributed by atoms with van der Waals surface area (Å²) in [5, 5.41) is 30.7. The van der Waals surface area contributed by atoms with E-state index in [-0.39, 0.29) is 18.6 Å². The Balaban J connectivity index is 3.08. The van der Waals surface area contributed by atoms with Gasteiger partial charge in [-0.05, 0) is 38.0 Å². The molecule has 0 radical (unpaired) electrons. The van der Waals surface area contributed by atoms with Crippen LogP contribution in [0.4, 0.5) is 0 Å². The number of rotatable bonds is 13. The van der Waals surface area contributed by atoms with Gasteiger partial charge in [0.05, 0.1) is 12.0 Å². The Morgan fingerprint density at radius 3 is 2.67 bits per heavy atom. The number of nitriles is 1. The lowest BCUT2D eigenvalue weighted by Gasteiger charge is -2.25. The summed E-state index contributed by atoms with van der Waals surface area (Å²) < 4.78 is 0. The number of amides is 1. The first kappa shape index (κ1) is 25.6. The van der Waals surface area contributed by atoms with Gasteiger partial charge in [0.2, 0.25) is 5.91 Å². The predicted molar refractivity (Wildman–Crippen MR) is 113 cm³/mol. The van der Waals surface area contributed by atoms with E-state index in [2.05, 4.69) is 12.2 Å². The predicted octanol–water partition coefficient (Wildman–Crippen LogP) is 3.35. The summed E-state index contributed by atoms with van der Waals surface area (Å²) in [4.78, 5) is 36.7. The summed E-state index contributed by atoms with van der Waals surface area (Å²) in [6.45, 7) is 3.93. The molecule has 1 aliphatic carbocycles. The Morgan fingerprint density at radius 1 is 1.33 bits per heavy atom. The molecule has 5 atom stereocenters. The average molecular weight is 419 g/mol. The molecule has 0 bridgehead atoms. The number of aliphatic carboxylic acids is 1. The van der Waals surface area contributed by atoms with Gasteiger partial charge in [-0.25, -0.2) is 0 Å². The standard InChI is InChI=1S/C23H34N2O5/c1-3-5-7-9-17(26)11-12-18-16(14-21(28)25-15-24)13-20(27)22(18)19(23(29)30)10-8-6-4-2/h4,6,11-12,16-19,22,26H,3,5,7-10,13-14H2,1-2H3,(H,25,28)(H,29,30)/b6-4+,12-11+. The van der Waals surface area contributed by atoms with Gasteiger partial charge < -0.3 is 10.2 Å². The topological polar surface area (TPSA) is 127 Å². The van der Waals surface area contributed by atoms with Crippen molar-refractivity contribution in [3.05, 3.63) is 24.3 Å². The normalized spacial score (nSPS) is 23.5. The lowest BCUT2D eigenvalue weighted by atomic mass is 9.77. The molecule has 7 heteroatoms. The summed E-state index contributed by atoms with van der Waals surface area (Å²) >= 11 is 0. The van der Waals surface area contributed by atoms with Gasteiger partial charge in [0.25, 0.3) is 0 Å². The quantitative estimate of drug-likeness (QED) is 0.182. The van der Waals surface area contributed by atoms with Crippen LogP contribution in [0.25, 0.3) is 0 Å². The zero-order valence-electron chi connectivity index (χ0n) is 17.9. The molecule has 0 spiro atoms. The Hall–Kier alpha value is -2.46. The van der Waals surface area contributed by atoms with Crippen LogP contribution < -0.4 is 5.32 Å². The van der Waals surface area contributed by atoms with Crippen molar-refractivity contribution in [1.29, 1.82) is 5.26 Å². The zero-order valence-corrected chi connectivity index (χ0v) is 17.9. The second-order valence-electron chi connectivity index (χ2n) is 7.94. The number of carboxylic acids is 1. The first-order chi connectivity index (χ1) is 14.3. The van der Waals surface area contributed by atoms with Crippen molar-refractivity contribution in [3.8, 4) is 6.19 Å². The van der Waals surface area contributed by atoms with E-state index in [1.807, 2.05) is 19.1 Å². The maximum Gasteiger partial charge on any atom is 0.307 e. The fraction of sp³-hybridized carbons (Fsp3) is 0.652. The Bertz CT molecular complexity index is 680. The lowest BCUT2D eigenvalue weighted by molar-refractivity contribution is -0.147. The van der Waals surface area contributed by atoms with Crippen molar-refractivity contribution in [2.75, 3.05) is 0 Å². The Morgan fingerprint density at radius 2 is 2.07 bits per heavy atom. The third-order valence-electron chi connectivity index (χ3n) is 5.73. The number of carbonyl (C=O) groups is 3. The third kappa shape index (κ3) is 8.11. The van der Waals surface area contributed by atoms with E-state index >= 15 is 0 Å². The van der Waals surface area contributed by atoms with Gasteiger partial charge in [-0.1, -0.05) is 50.5 Å². The molecule has 0 aromatic heterocycles. The Labute approximate surface area is 178 Å². The average Bonchev–Trinajstić information content (AvgIpc) is 2.98. The maximum atomic E-state index is 12.8. The minimum absolute atomic E-state index is 0.0298. The third-order valence-corrected chi connectivity index (χ3v) is 5.73. The van der Waals surface area contributed by atoms with Gasteiger partial charge in [0.15, 0.2) is 6.19 Å². The number of aliphatic hydroxyl groups is 1. The van der Waals surface area contributed by atoms with Crippen molar-refractivity contribution < 1.29 is 24.6 Å². The summed E-state index contributed by atoms with van der Waals surface area (Å²) in [5.74, 6) is -4.14. The van der Waals surface area contributed by atoms with Crippen molar-refractivity contribution in [2.24, 2.45) is 23.7 Å². The van der Waals surface area contributed by atoms with Crippen molar-refractivity contribution >= 4 is 17.7 Å². The van der Waals surface area contributed by atoms with Crippen LogP contribution in [0.5, 0.6) is 0 Å². The van der Waals surface area contributed by atoms with Gasteiger partial charge in [0.1, 0.15) is 5.78 Å². The van der Waals surface area contributed by atoms with Gasteiger partial charge in [0, 0.05) is 18.8 Å². The highest BCUT2D eigenvalue weighted by Gasteiger charge is 2.47. The van der Waals surface area contributed by atoms with Crippen molar-refractivity contribution in [2.45, 2.75) is 71.3 Å². The second-order valence-corrected chi connectivity index (χ2v) is 7.94. The minimum atomic E-state index is -1.03. The highest BCUT2D eigenvalue weighted by molar-refractivity contribution is 5.90. The number of carbonyl (C=O) groups excluding carboxylic acids is 2. The molecule has 0 heterocycles. The number of hydrogen-bond acceptors (Lipinski definition) is 5. The molecule has 3 N–H and O–H groups in total. The summed E-state index contributed by atoms with van der Waals surface area (Å²) in [6.07, 6.45) is 12.5. The number of unbranched alkanes of at least 4 members (excludes halogenated alkanes) is 2. The number of aliphatic hydroxyl groups excluding tert-OH is 1. The SMILES string of the molecule is C/C=C/CCC(C(=O)O)C1C(=O)CC(CC(=O)NC#N)C1/C=C/C(O)CCCCC. The van der Waals surface area contributed by atoms with Crippen LogP contribution >= 0.6 is 0 Å². The molecule has 1 aliphatic rings. The molecule has 1 rings (SSSR count). The molecule has 0 saturated heterocycles. The molecule has 5 unspecified atom stereocenters. The number of ketones is 1. The van der Waals surface area contributed by atoms with Crippen LogP contribution in [0.2, 0.25) is 0 Å². The van der Waals surface area contributed by atoms with Crippen LogP contribution in [0.3, 0.4) is 0 Å². The molecular formula is C23H34N2O5. The first-order valence-corrected chi connectivity index (χ1v) is 10.8. The minimum Gasteiger partial charge on any atom is -0.481 e. The van der Waals surface area contributed by atoms with Crippen LogP contribution in [0, 0.1) is 35.1 Å². The molecule has 0 aromatic rings. The number of Topliss-reactive ketones (excluding diaryl/α,β-unsaturated/α-hetero) is 1. The zero-order chi connectivity index (χ0) is 22.5. The second kappa shape index (κ2) is 13.7. The highest BCUT2D eigenvalue weighted by Crippen LogP contribution is 2.43. The van der Waals surface area contributed by atoms with E-state index in [9.17, 15) is 24.6 Å². The van der Waals surface area contributed by atoms with E-state index in [0.717, 1.165) is 19.3 Å². The molecule has 1 amide bonds. The number of allylic oxidation sites excluding steroid dienone is 3. The number of nitrogens with one attached hydrogen (secondary N) is 1. The fourth-order valence-electron chi connectivity index (χ4n) is 4.22. The first-order valence-electron chi connectivity index (χ1n) is 10.8. The lowest BCUT2D eigenvalue weighted by Crippen LogP contribution is -2.32. The highest BCUT2D eigenvalue weighted by atomic mass is 16.4. The fourth-order valence-corrected chi connectivity index (χ4v) is 4.22. The maximum absolute atomic E-state index is 12.8. The summed E-state index contributed by atoms with van der Waals surface area (Å²) in [7, 11) is 0. The monoisotopic (exact) mass is 418 g/mol. The van der Waals surface area contributed by atoms with E-state index in [1.165, 1.54) is 0 Å². The van der Waals surface area contributed by atoms with E-state index < -0.39 is 41.7 Å². The largest absolute Gasteiger partial charge is 0.481 e. The summed E-state index contributed by atoms with van der Waals surface area (Å²) in [6, 6.07) is 0. The van der Waals surface area contributed by atoms with Gasteiger partial charge in [-0.15, -0.1) is 0 Å². The van der Waals surface area contributed by atoms with Crippen molar-refractivity contribution in [3.63, 3.8) is 0 Å².